The maximum atomic E-state index is 6.08. The minimum atomic E-state index is 0.609. The van der Waals surface area contributed by atoms with Gasteiger partial charge in [-0.2, -0.15) is 0 Å². The van der Waals surface area contributed by atoms with Gasteiger partial charge >= 0.3 is 0 Å². The predicted molar refractivity (Wildman–Crippen MR) is 72.6 cm³/mol. The average Bonchev–Trinajstić information content (AvgIpc) is 2.40. The first-order valence-electron chi connectivity index (χ1n) is 6.39. The van der Waals surface area contributed by atoms with E-state index >= 15 is 0 Å². The normalized spacial score (nSPS) is 17.5. The highest BCUT2D eigenvalue weighted by Crippen LogP contribution is 2.34. The van der Waals surface area contributed by atoms with Gasteiger partial charge in [-0.25, -0.2) is 4.98 Å². The summed E-state index contributed by atoms with van der Waals surface area (Å²) in [5.74, 6) is 0.750. The first kappa shape index (κ1) is 11.0. The largest absolute Gasteiger partial charge is 0.244 e. The van der Waals surface area contributed by atoms with Crippen molar-refractivity contribution in [1.29, 1.82) is 0 Å². The molecule has 0 unspecified atom stereocenters. The zero-order chi connectivity index (χ0) is 11.7. The molecule has 2 aromatic rings. The molecule has 17 heavy (non-hydrogen) atoms. The summed E-state index contributed by atoms with van der Waals surface area (Å²) in [6.45, 7) is 0. The molecule has 0 bridgehead atoms. The number of pyridine rings is 1. The van der Waals surface area contributed by atoms with Crippen molar-refractivity contribution < 1.29 is 0 Å². The first-order valence-corrected chi connectivity index (χ1v) is 6.76. The van der Waals surface area contributed by atoms with Gasteiger partial charge in [0.05, 0.1) is 0 Å². The third-order valence-electron chi connectivity index (χ3n) is 3.82. The van der Waals surface area contributed by atoms with Crippen LogP contribution in [0.3, 0.4) is 0 Å². The third-order valence-corrected chi connectivity index (χ3v) is 4.12. The standard InChI is InChI=1S/C15H16ClN/c16-15-14-7-6-12(10-13(14)8-9-17-15)11-4-2-1-3-5-11/h6-11H,1-5H2. The van der Waals surface area contributed by atoms with E-state index in [2.05, 4.69) is 23.2 Å². The molecule has 0 N–H and O–H groups in total. The first-order chi connectivity index (χ1) is 8.34. The summed E-state index contributed by atoms with van der Waals surface area (Å²) < 4.78 is 0. The van der Waals surface area contributed by atoms with Crippen molar-refractivity contribution in [2.24, 2.45) is 0 Å². The van der Waals surface area contributed by atoms with Crippen LogP contribution in [0, 0.1) is 0 Å². The Morgan fingerprint density at radius 3 is 2.71 bits per heavy atom. The molecule has 1 nitrogen and oxygen atoms in total. The highest BCUT2D eigenvalue weighted by Gasteiger charge is 2.15. The molecule has 1 aromatic carbocycles. The summed E-state index contributed by atoms with van der Waals surface area (Å²) >= 11 is 6.08. The molecule has 1 aromatic heterocycles. The molecule has 0 aliphatic heterocycles. The Labute approximate surface area is 107 Å². The zero-order valence-electron chi connectivity index (χ0n) is 9.82. The Morgan fingerprint density at radius 1 is 1.06 bits per heavy atom. The molecule has 3 rings (SSSR count). The van der Waals surface area contributed by atoms with Crippen molar-refractivity contribution in [3.63, 3.8) is 0 Å². The van der Waals surface area contributed by atoms with E-state index in [-0.39, 0.29) is 0 Å². The predicted octanol–water partition coefficient (Wildman–Crippen LogP) is 4.94. The van der Waals surface area contributed by atoms with Gasteiger partial charge in [-0.1, -0.05) is 49.1 Å². The van der Waals surface area contributed by atoms with Gasteiger partial charge < -0.3 is 0 Å². The summed E-state index contributed by atoms with van der Waals surface area (Å²) in [6, 6.07) is 8.69. The van der Waals surface area contributed by atoms with Gasteiger partial charge in [-0.05, 0) is 35.8 Å². The van der Waals surface area contributed by atoms with Crippen molar-refractivity contribution in [3.8, 4) is 0 Å². The smallest absolute Gasteiger partial charge is 0.136 e. The van der Waals surface area contributed by atoms with E-state index in [1.54, 1.807) is 6.20 Å². The Bertz CT molecular complexity index is 529. The van der Waals surface area contributed by atoms with Crippen LogP contribution in [0.5, 0.6) is 0 Å². The van der Waals surface area contributed by atoms with Gasteiger partial charge in [0.1, 0.15) is 5.15 Å². The zero-order valence-corrected chi connectivity index (χ0v) is 10.6. The van der Waals surface area contributed by atoms with Crippen molar-refractivity contribution in [1.82, 2.24) is 4.98 Å². The second-order valence-corrected chi connectivity index (χ2v) is 5.28. The number of hydrogen-bond donors (Lipinski definition) is 0. The van der Waals surface area contributed by atoms with Crippen LogP contribution >= 0.6 is 11.6 Å². The second kappa shape index (κ2) is 4.66. The van der Waals surface area contributed by atoms with Crippen molar-refractivity contribution >= 4 is 22.4 Å². The van der Waals surface area contributed by atoms with E-state index in [4.69, 9.17) is 11.6 Å². The lowest BCUT2D eigenvalue weighted by Gasteiger charge is -2.22. The molecule has 0 atom stereocenters. The third kappa shape index (κ3) is 2.16. The van der Waals surface area contributed by atoms with E-state index < -0.39 is 0 Å². The Hall–Kier alpha value is -1.08. The number of halogens is 1. The fraction of sp³-hybridized carbons (Fsp3) is 0.400. The fourth-order valence-electron chi connectivity index (χ4n) is 2.85. The molecular weight excluding hydrogens is 230 g/mol. The number of nitrogens with zero attached hydrogens (tertiary/aromatic N) is 1. The molecule has 1 aliphatic rings. The van der Waals surface area contributed by atoms with Crippen LogP contribution in [-0.2, 0) is 0 Å². The molecular formula is C15H16ClN. The molecule has 1 fully saturated rings. The van der Waals surface area contributed by atoms with Crippen LogP contribution in [0.25, 0.3) is 10.8 Å². The highest BCUT2D eigenvalue weighted by atomic mass is 35.5. The molecule has 0 amide bonds. The van der Waals surface area contributed by atoms with Crippen LogP contribution in [0.4, 0.5) is 0 Å². The quantitative estimate of drug-likeness (QED) is 0.649. The lowest BCUT2D eigenvalue weighted by Crippen LogP contribution is -2.04. The van der Waals surface area contributed by atoms with Crippen LogP contribution in [0.15, 0.2) is 30.5 Å². The minimum absolute atomic E-state index is 0.609. The molecule has 2 heteroatoms. The molecule has 0 spiro atoms. The highest BCUT2D eigenvalue weighted by molar-refractivity contribution is 6.34. The average molecular weight is 246 g/mol. The maximum absolute atomic E-state index is 6.08. The number of fused-ring (bicyclic) bond motifs is 1. The summed E-state index contributed by atoms with van der Waals surface area (Å²) in [5.41, 5.74) is 1.47. The summed E-state index contributed by atoms with van der Waals surface area (Å²) in [6.07, 6.45) is 8.61. The van der Waals surface area contributed by atoms with Gasteiger partial charge in [-0.15, -0.1) is 0 Å². The van der Waals surface area contributed by atoms with Crippen LogP contribution in [0.1, 0.15) is 43.6 Å². The molecule has 1 aliphatic carbocycles. The van der Waals surface area contributed by atoms with Crippen molar-refractivity contribution in [2.45, 2.75) is 38.0 Å². The summed E-state index contributed by atoms with van der Waals surface area (Å²) in [7, 11) is 0. The molecule has 88 valence electrons. The van der Waals surface area contributed by atoms with E-state index in [0.717, 1.165) is 11.3 Å². The van der Waals surface area contributed by atoms with Gasteiger partial charge in [-0.3, -0.25) is 0 Å². The number of benzene rings is 1. The van der Waals surface area contributed by atoms with Crippen LogP contribution in [-0.4, -0.2) is 4.98 Å². The van der Waals surface area contributed by atoms with E-state index in [1.807, 2.05) is 6.07 Å². The molecule has 0 radical (unpaired) electrons. The number of aromatic nitrogens is 1. The Balaban J connectivity index is 2.01. The van der Waals surface area contributed by atoms with Crippen LogP contribution in [0.2, 0.25) is 5.15 Å². The topological polar surface area (TPSA) is 12.9 Å². The summed E-state index contributed by atoms with van der Waals surface area (Å²) in [4.78, 5) is 4.11. The van der Waals surface area contributed by atoms with E-state index in [9.17, 15) is 0 Å². The lowest BCUT2D eigenvalue weighted by molar-refractivity contribution is 0.444. The van der Waals surface area contributed by atoms with Gasteiger partial charge in [0.15, 0.2) is 0 Å². The maximum Gasteiger partial charge on any atom is 0.136 e. The second-order valence-electron chi connectivity index (χ2n) is 4.92. The van der Waals surface area contributed by atoms with Gasteiger partial charge in [0.25, 0.3) is 0 Å². The molecule has 0 saturated heterocycles. The van der Waals surface area contributed by atoms with Gasteiger partial charge in [0, 0.05) is 11.6 Å². The van der Waals surface area contributed by atoms with E-state index in [0.29, 0.717) is 5.15 Å². The Morgan fingerprint density at radius 2 is 1.88 bits per heavy atom. The number of hydrogen-bond acceptors (Lipinski definition) is 1. The Kier molecular flexibility index (Phi) is 3.02. The van der Waals surface area contributed by atoms with Crippen molar-refractivity contribution in [3.05, 3.63) is 41.2 Å². The molecule has 1 saturated carbocycles. The molecule has 1 heterocycles. The van der Waals surface area contributed by atoms with Gasteiger partial charge in [0.2, 0.25) is 0 Å². The van der Waals surface area contributed by atoms with Crippen LogP contribution < -0.4 is 0 Å². The summed E-state index contributed by atoms with van der Waals surface area (Å²) in [5, 5.41) is 2.89. The minimum Gasteiger partial charge on any atom is -0.244 e. The fourth-order valence-corrected chi connectivity index (χ4v) is 3.08. The monoisotopic (exact) mass is 245 g/mol. The lowest BCUT2D eigenvalue weighted by atomic mass is 9.83. The number of rotatable bonds is 1. The SMILES string of the molecule is Clc1nccc2cc(C3CCCCC3)ccc12. The van der Waals surface area contributed by atoms with E-state index in [1.165, 1.54) is 43.1 Å². The van der Waals surface area contributed by atoms with Crippen molar-refractivity contribution in [2.75, 3.05) is 0 Å².